The maximum atomic E-state index is 12.8. The van der Waals surface area contributed by atoms with Crippen molar-refractivity contribution in [3.63, 3.8) is 0 Å². The number of nitrogens with one attached hydrogen (secondary N) is 2. The molecule has 5 rings (SSSR count). The van der Waals surface area contributed by atoms with E-state index in [0.717, 1.165) is 42.5 Å². The number of carbonyl (C=O) groups excluding carboxylic acids is 1. The van der Waals surface area contributed by atoms with Gasteiger partial charge in [-0.1, -0.05) is 0 Å². The van der Waals surface area contributed by atoms with E-state index >= 15 is 0 Å². The molecule has 0 aromatic carbocycles. The van der Waals surface area contributed by atoms with E-state index in [0.29, 0.717) is 17.0 Å². The van der Waals surface area contributed by atoms with Crippen molar-refractivity contribution in [1.82, 2.24) is 34.8 Å². The highest BCUT2D eigenvalue weighted by atomic mass is 16.2. The summed E-state index contributed by atoms with van der Waals surface area (Å²) < 4.78 is 3.34. The number of fused-ring (bicyclic) bond motifs is 1. The molecule has 32 heavy (non-hydrogen) atoms. The lowest BCUT2D eigenvalue weighted by atomic mass is 9.91. The van der Waals surface area contributed by atoms with Gasteiger partial charge in [0.2, 0.25) is 0 Å². The van der Waals surface area contributed by atoms with Crippen LogP contribution in [0.5, 0.6) is 0 Å². The van der Waals surface area contributed by atoms with Crippen LogP contribution in [-0.2, 0) is 0 Å². The van der Waals surface area contributed by atoms with Gasteiger partial charge in [0.25, 0.3) is 11.5 Å². The Hall–Kier alpha value is -3.75. The molecule has 0 atom stereocenters. The molecule has 4 heterocycles. The van der Waals surface area contributed by atoms with Crippen molar-refractivity contribution in [3.05, 3.63) is 70.0 Å². The smallest absolute Gasteiger partial charge is 0.267 e. The number of aromatic nitrogens is 6. The molecule has 2 N–H and O–H groups in total. The van der Waals surface area contributed by atoms with Crippen LogP contribution in [0.1, 0.15) is 53.5 Å². The summed E-state index contributed by atoms with van der Waals surface area (Å²) in [7, 11) is 0. The zero-order valence-electron chi connectivity index (χ0n) is 18.1. The molecule has 0 aliphatic heterocycles. The third kappa shape index (κ3) is 3.70. The Labute approximate surface area is 184 Å². The average Bonchev–Trinajstić information content (AvgIpc) is 3.37. The molecule has 9 nitrogen and oxygen atoms in total. The normalized spacial score (nSPS) is 18.7. The minimum atomic E-state index is -0.117. The highest BCUT2D eigenvalue weighted by molar-refractivity contribution is 6.05. The Morgan fingerprint density at radius 1 is 1.12 bits per heavy atom. The van der Waals surface area contributed by atoms with Gasteiger partial charge in [0.05, 0.1) is 17.3 Å². The molecule has 0 unspecified atom stereocenters. The molecule has 1 fully saturated rings. The van der Waals surface area contributed by atoms with E-state index in [-0.39, 0.29) is 23.6 Å². The Morgan fingerprint density at radius 2 is 1.94 bits per heavy atom. The van der Waals surface area contributed by atoms with Crippen LogP contribution in [0.3, 0.4) is 0 Å². The number of aryl methyl sites for hydroxylation is 2. The fourth-order valence-corrected chi connectivity index (χ4v) is 4.52. The molecule has 0 bridgehead atoms. The predicted octanol–water partition coefficient (Wildman–Crippen LogP) is 2.84. The molecular formula is C23H25N7O2. The van der Waals surface area contributed by atoms with Crippen LogP contribution in [0.4, 0.5) is 0 Å². The first kappa shape index (κ1) is 20.2. The Kier molecular flexibility index (Phi) is 5.08. The van der Waals surface area contributed by atoms with E-state index in [4.69, 9.17) is 0 Å². The molecule has 1 amide bonds. The molecule has 164 valence electrons. The van der Waals surface area contributed by atoms with E-state index < -0.39 is 0 Å². The van der Waals surface area contributed by atoms with Crippen LogP contribution < -0.4 is 10.9 Å². The van der Waals surface area contributed by atoms with E-state index in [1.165, 1.54) is 0 Å². The predicted molar refractivity (Wildman–Crippen MR) is 120 cm³/mol. The maximum Gasteiger partial charge on any atom is 0.267 e. The van der Waals surface area contributed by atoms with E-state index in [1.807, 2.05) is 32.0 Å². The first-order valence-corrected chi connectivity index (χ1v) is 10.9. The standard InChI is InChI=1S/C23H25N7O2/c1-14-12-15(2)29(27-14)20-9-10-21(31)30(28-20)17-7-5-16(6-8-17)26-23(32)19-13-25-22-18(19)4-3-11-24-22/h3-4,9-13,16-17H,5-8H2,1-2H3,(H,24,25)(H,26,32). The van der Waals surface area contributed by atoms with Crippen molar-refractivity contribution in [3.8, 4) is 5.82 Å². The lowest BCUT2D eigenvalue weighted by Crippen LogP contribution is -2.39. The highest BCUT2D eigenvalue weighted by Crippen LogP contribution is 2.28. The monoisotopic (exact) mass is 431 g/mol. The Balaban J connectivity index is 1.28. The number of carbonyl (C=O) groups is 1. The zero-order valence-corrected chi connectivity index (χ0v) is 18.1. The molecule has 1 aliphatic rings. The average molecular weight is 432 g/mol. The second-order valence-corrected chi connectivity index (χ2v) is 8.39. The van der Waals surface area contributed by atoms with E-state index in [9.17, 15) is 9.59 Å². The second kappa shape index (κ2) is 8.07. The van der Waals surface area contributed by atoms with Gasteiger partial charge in [-0.15, -0.1) is 5.10 Å². The summed E-state index contributed by atoms with van der Waals surface area (Å²) in [5.74, 6) is 0.535. The number of H-pyrrole nitrogens is 1. The van der Waals surface area contributed by atoms with Crippen molar-refractivity contribution in [1.29, 1.82) is 0 Å². The minimum Gasteiger partial charge on any atom is -0.349 e. The van der Waals surface area contributed by atoms with Gasteiger partial charge in [0.1, 0.15) is 5.65 Å². The minimum absolute atomic E-state index is 0.00450. The molecule has 0 saturated heterocycles. The molecule has 4 aromatic rings. The fraction of sp³-hybridized carbons (Fsp3) is 0.348. The molecule has 4 aromatic heterocycles. The largest absolute Gasteiger partial charge is 0.349 e. The van der Waals surface area contributed by atoms with Crippen molar-refractivity contribution in [2.24, 2.45) is 0 Å². The van der Waals surface area contributed by atoms with Gasteiger partial charge in [0.15, 0.2) is 5.82 Å². The summed E-state index contributed by atoms with van der Waals surface area (Å²) in [6.07, 6.45) is 6.51. The third-order valence-corrected chi connectivity index (χ3v) is 6.11. The van der Waals surface area contributed by atoms with Crippen molar-refractivity contribution >= 4 is 16.9 Å². The lowest BCUT2D eigenvalue weighted by molar-refractivity contribution is 0.0923. The van der Waals surface area contributed by atoms with E-state index in [1.54, 1.807) is 33.9 Å². The van der Waals surface area contributed by atoms with Crippen LogP contribution in [0.25, 0.3) is 16.9 Å². The molecule has 1 aliphatic carbocycles. The van der Waals surface area contributed by atoms with Crippen molar-refractivity contribution in [2.75, 3.05) is 0 Å². The zero-order chi connectivity index (χ0) is 22.2. The SMILES string of the molecule is Cc1cc(C)n(-c2ccc(=O)n(C3CCC(NC(=O)c4c[nH]c5ncccc45)CC3)n2)n1. The van der Waals surface area contributed by atoms with Gasteiger partial charge in [-0.3, -0.25) is 9.59 Å². The first-order chi connectivity index (χ1) is 15.5. The Bertz CT molecular complexity index is 1340. The molecule has 0 spiro atoms. The summed E-state index contributed by atoms with van der Waals surface area (Å²) in [5.41, 5.74) is 3.07. The first-order valence-electron chi connectivity index (χ1n) is 10.9. The van der Waals surface area contributed by atoms with Crippen molar-refractivity contribution in [2.45, 2.75) is 51.6 Å². The summed E-state index contributed by atoms with van der Waals surface area (Å²) in [5, 5.41) is 13.0. The topological polar surface area (TPSA) is 110 Å². The second-order valence-electron chi connectivity index (χ2n) is 8.39. The number of rotatable bonds is 4. The number of pyridine rings is 1. The third-order valence-electron chi connectivity index (χ3n) is 6.11. The molecule has 9 heteroatoms. The van der Waals surface area contributed by atoms with Crippen LogP contribution in [0.15, 0.2) is 47.5 Å². The highest BCUT2D eigenvalue weighted by Gasteiger charge is 2.26. The van der Waals surface area contributed by atoms with Crippen LogP contribution in [0, 0.1) is 13.8 Å². The van der Waals surface area contributed by atoms with E-state index in [2.05, 4.69) is 25.5 Å². The Morgan fingerprint density at radius 3 is 2.69 bits per heavy atom. The number of nitrogens with zero attached hydrogens (tertiary/aromatic N) is 5. The van der Waals surface area contributed by atoms with Crippen LogP contribution in [-0.4, -0.2) is 41.5 Å². The maximum absolute atomic E-state index is 12.8. The molecule has 0 radical (unpaired) electrons. The summed E-state index contributed by atoms with van der Waals surface area (Å²) in [4.78, 5) is 32.6. The summed E-state index contributed by atoms with van der Waals surface area (Å²) in [6.45, 7) is 3.90. The van der Waals surface area contributed by atoms with Gasteiger partial charge >= 0.3 is 0 Å². The van der Waals surface area contributed by atoms with Crippen LogP contribution >= 0.6 is 0 Å². The molecular weight excluding hydrogens is 406 g/mol. The van der Waals surface area contributed by atoms with Crippen LogP contribution in [0.2, 0.25) is 0 Å². The van der Waals surface area contributed by atoms with Gasteiger partial charge in [0, 0.05) is 35.6 Å². The quantitative estimate of drug-likeness (QED) is 0.516. The number of hydrogen-bond acceptors (Lipinski definition) is 5. The lowest BCUT2D eigenvalue weighted by Gasteiger charge is -2.29. The number of hydrogen-bond donors (Lipinski definition) is 2. The molecule has 1 saturated carbocycles. The van der Waals surface area contributed by atoms with Gasteiger partial charge < -0.3 is 10.3 Å². The number of aromatic amines is 1. The van der Waals surface area contributed by atoms with Gasteiger partial charge in [-0.2, -0.15) is 5.10 Å². The summed E-state index contributed by atoms with van der Waals surface area (Å²) >= 11 is 0. The van der Waals surface area contributed by atoms with Gasteiger partial charge in [-0.05, 0) is 63.8 Å². The summed E-state index contributed by atoms with van der Waals surface area (Å²) in [6, 6.07) is 9.02. The number of amides is 1. The fourth-order valence-electron chi connectivity index (χ4n) is 4.52. The van der Waals surface area contributed by atoms with Crippen molar-refractivity contribution < 1.29 is 4.79 Å². The van der Waals surface area contributed by atoms with Gasteiger partial charge in [-0.25, -0.2) is 14.3 Å².